The number of nitrogens with one attached hydrogen (secondary N) is 2. The first-order valence-electron chi connectivity index (χ1n) is 7.44. The number of rotatable bonds is 6. The summed E-state index contributed by atoms with van der Waals surface area (Å²) >= 11 is 0. The van der Waals surface area contributed by atoms with Crippen molar-refractivity contribution >= 4 is 28.9 Å². The van der Waals surface area contributed by atoms with Crippen LogP contribution < -0.4 is 10.6 Å². The first-order valence-corrected chi connectivity index (χ1v) is 7.44. The number of benzene rings is 1. The van der Waals surface area contributed by atoms with Gasteiger partial charge in [-0.2, -0.15) is 0 Å². The lowest BCUT2D eigenvalue weighted by atomic mass is 10.0. The number of nitro benzene ring substituents is 1. The van der Waals surface area contributed by atoms with Gasteiger partial charge in [0, 0.05) is 24.2 Å². The predicted molar refractivity (Wildman–Crippen MR) is 84.4 cm³/mol. The van der Waals surface area contributed by atoms with Gasteiger partial charge in [0.2, 0.25) is 5.91 Å². The van der Waals surface area contributed by atoms with Gasteiger partial charge in [0.05, 0.1) is 18.0 Å². The van der Waals surface area contributed by atoms with Crippen LogP contribution in [0, 0.1) is 10.1 Å². The molecule has 1 aliphatic heterocycles. The first-order chi connectivity index (χ1) is 10.9. The molecule has 0 bridgehead atoms. The Hall–Kier alpha value is -2.64. The summed E-state index contributed by atoms with van der Waals surface area (Å²) in [5, 5.41) is 16.9. The molecule has 1 atom stereocenters. The highest BCUT2D eigenvalue weighted by Crippen LogP contribution is 2.34. The van der Waals surface area contributed by atoms with Crippen molar-refractivity contribution in [3.05, 3.63) is 27.8 Å². The number of esters is 1. The van der Waals surface area contributed by atoms with E-state index in [1.54, 1.807) is 19.9 Å². The molecule has 1 aliphatic rings. The van der Waals surface area contributed by atoms with E-state index in [0.717, 1.165) is 5.56 Å². The summed E-state index contributed by atoms with van der Waals surface area (Å²) < 4.78 is 4.86. The predicted octanol–water partition coefficient (Wildman–Crippen LogP) is 2.23. The van der Waals surface area contributed by atoms with Crippen LogP contribution in [-0.2, 0) is 20.7 Å². The van der Waals surface area contributed by atoms with Crippen LogP contribution in [-0.4, -0.2) is 29.4 Å². The van der Waals surface area contributed by atoms with Gasteiger partial charge in [0.1, 0.15) is 5.69 Å². The second-order valence-corrected chi connectivity index (χ2v) is 5.39. The molecule has 2 N–H and O–H groups in total. The largest absolute Gasteiger partial charge is 0.466 e. The maximum Gasteiger partial charge on any atom is 0.307 e. The SMILES string of the molecule is CCOC(=O)CC(C)Nc1cc2c(cc1[N+](=O)[O-])CCC(=O)N2. The van der Waals surface area contributed by atoms with Crippen molar-refractivity contribution < 1.29 is 19.2 Å². The number of nitrogens with zero attached hydrogens (tertiary/aromatic N) is 1. The summed E-state index contributed by atoms with van der Waals surface area (Å²) in [6.07, 6.45) is 0.880. The standard InChI is InChI=1S/C15H19N3O5/c1-3-23-15(20)6-9(2)16-12-8-11-10(4-5-14(19)17-11)7-13(12)18(21)22/h7-9,16H,3-6H2,1-2H3,(H,17,19). The first kappa shape index (κ1) is 16.7. The highest BCUT2D eigenvalue weighted by molar-refractivity contribution is 5.95. The second kappa shape index (κ2) is 7.08. The Morgan fingerprint density at radius 3 is 2.87 bits per heavy atom. The quantitative estimate of drug-likeness (QED) is 0.472. The lowest BCUT2D eigenvalue weighted by Gasteiger charge is -2.20. The third-order valence-electron chi connectivity index (χ3n) is 3.49. The highest BCUT2D eigenvalue weighted by atomic mass is 16.6. The van der Waals surface area contributed by atoms with Crippen molar-refractivity contribution in [1.29, 1.82) is 0 Å². The maximum atomic E-state index is 11.5. The van der Waals surface area contributed by atoms with E-state index < -0.39 is 4.92 Å². The zero-order valence-corrected chi connectivity index (χ0v) is 13.0. The molecule has 0 saturated carbocycles. The molecule has 0 fully saturated rings. The Kier molecular flexibility index (Phi) is 5.15. The van der Waals surface area contributed by atoms with Gasteiger partial charge in [-0.3, -0.25) is 19.7 Å². The molecule has 8 heteroatoms. The summed E-state index contributed by atoms with van der Waals surface area (Å²) in [5.74, 6) is -0.488. The number of hydrogen-bond donors (Lipinski definition) is 2. The number of carbonyl (C=O) groups is 2. The third-order valence-corrected chi connectivity index (χ3v) is 3.49. The van der Waals surface area contributed by atoms with Gasteiger partial charge in [0.15, 0.2) is 0 Å². The minimum absolute atomic E-state index is 0.0735. The van der Waals surface area contributed by atoms with Gasteiger partial charge < -0.3 is 15.4 Å². The van der Waals surface area contributed by atoms with Crippen molar-refractivity contribution in [1.82, 2.24) is 0 Å². The van der Waals surface area contributed by atoms with Crippen molar-refractivity contribution in [2.45, 2.75) is 39.2 Å². The Morgan fingerprint density at radius 1 is 1.48 bits per heavy atom. The van der Waals surface area contributed by atoms with E-state index >= 15 is 0 Å². The average Bonchev–Trinajstić information content (AvgIpc) is 2.46. The van der Waals surface area contributed by atoms with Gasteiger partial charge in [0.25, 0.3) is 5.69 Å². The van der Waals surface area contributed by atoms with Crippen LogP contribution in [0.1, 0.15) is 32.3 Å². The number of amides is 1. The zero-order chi connectivity index (χ0) is 17.0. The molecule has 1 unspecified atom stereocenters. The molecule has 1 aromatic carbocycles. The van der Waals surface area contributed by atoms with Crippen molar-refractivity contribution in [3.63, 3.8) is 0 Å². The molecule has 1 amide bonds. The van der Waals surface area contributed by atoms with Gasteiger partial charge in [-0.15, -0.1) is 0 Å². The molecule has 1 aromatic rings. The lowest BCUT2D eigenvalue weighted by molar-refractivity contribution is -0.384. The topological polar surface area (TPSA) is 111 Å². The molecule has 124 valence electrons. The van der Waals surface area contributed by atoms with Gasteiger partial charge in [-0.25, -0.2) is 0 Å². The smallest absolute Gasteiger partial charge is 0.307 e. The lowest BCUT2D eigenvalue weighted by Crippen LogP contribution is -2.23. The fourth-order valence-corrected chi connectivity index (χ4v) is 2.47. The molecule has 0 saturated heterocycles. The minimum Gasteiger partial charge on any atom is -0.466 e. The summed E-state index contributed by atoms with van der Waals surface area (Å²) in [5.41, 5.74) is 1.50. The molecule has 0 aromatic heterocycles. The Bertz CT molecular complexity index is 644. The van der Waals surface area contributed by atoms with Crippen molar-refractivity contribution in [2.24, 2.45) is 0 Å². The number of hydrogen-bond acceptors (Lipinski definition) is 6. The number of aryl methyl sites for hydroxylation is 1. The van der Waals surface area contributed by atoms with Gasteiger partial charge in [-0.05, 0) is 31.9 Å². The van der Waals surface area contributed by atoms with Crippen LogP contribution in [0.2, 0.25) is 0 Å². The normalized spacial score (nSPS) is 14.4. The summed E-state index contributed by atoms with van der Waals surface area (Å²) in [6, 6.07) is 2.67. The van der Waals surface area contributed by atoms with Crippen molar-refractivity contribution in [2.75, 3.05) is 17.2 Å². The summed E-state index contributed by atoms with van der Waals surface area (Å²) in [7, 11) is 0. The number of anilines is 2. The number of fused-ring (bicyclic) bond motifs is 1. The fraction of sp³-hybridized carbons (Fsp3) is 0.467. The van der Waals surface area contributed by atoms with E-state index in [0.29, 0.717) is 18.5 Å². The van der Waals surface area contributed by atoms with Crippen molar-refractivity contribution in [3.8, 4) is 0 Å². The summed E-state index contributed by atoms with van der Waals surface area (Å²) in [6.45, 7) is 3.74. The maximum absolute atomic E-state index is 11.5. The summed E-state index contributed by atoms with van der Waals surface area (Å²) in [4.78, 5) is 33.7. The minimum atomic E-state index is -0.476. The number of carbonyl (C=O) groups excluding carboxylic acids is 2. The number of ether oxygens (including phenoxy) is 1. The van der Waals surface area contributed by atoms with Gasteiger partial charge in [-0.1, -0.05) is 0 Å². The molecule has 0 aliphatic carbocycles. The van der Waals surface area contributed by atoms with E-state index in [2.05, 4.69) is 10.6 Å². The Balaban J connectivity index is 2.22. The highest BCUT2D eigenvalue weighted by Gasteiger charge is 2.23. The second-order valence-electron chi connectivity index (χ2n) is 5.39. The zero-order valence-electron chi connectivity index (χ0n) is 13.0. The average molecular weight is 321 g/mol. The van der Waals surface area contributed by atoms with E-state index in [1.807, 2.05) is 0 Å². The fourth-order valence-electron chi connectivity index (χ4n) is 2.47. The van der Waals surface area contributed by atoms with Crippen LogP contribution in [0.15, 0.2) is 12.1 Å². The molecule has 8 nitrogen and oxygen atoms in total. The van der Waals surface area contributed by atoms with Crippen LogP contribution in [0.3, 0.4) is 0 Å². The molecule has 0 spiro atoms. The van der Waals surface area contributed by atoms with Crippen LogP contribution in [0.4, 0.5) is 17.1 Å². The van der Waals surface area contributed by atoms with E-state index in [4.69, 9.17) is 4.74 Å². The van der Waals surface area contributed by atoms with Crippen LogP contribution in [0.25, 0.3) is 0 Å². The molecule has 23 heavy (non-hydrogen) atoms. The molecule has 1 heterocycles. The van der Waals surface area contributed by atoms with E-state index in [1.165, 1.54) is 6.07 Å². The number of nitro groups is 1. The Labute approximate surface area is 133 Å². The molecule has 2 rings (SSSR count). The van der Waals surface area contributed by atoms with Crippen LogP contribution >= 0.6 is 0 Å². The third kappa shape index (κ3) is 4.18. The van der Waals surface area contributed by atoms with E-state index in [-0.39, 0.29) is 42.3 Å². The van der Waals surface area contributed by atoms with E-state index in [9.17, 15) is 19.7 Å². The molecular formula is C15H19N3O5. The monoisotopic (exact) mass is 321 g/mol. The Morgan fingerprint density at radius 2 is 2.22 bits per heavy atom. The van der Waals surface area contributed by atoms with Crippen LogP contribution in [0.5, 0.6) is 0 Å². The van der Waals surface area contributed by atoms with Gasteiger partial charge >= 0.3 is 5.97 Å². The molecular weight excluding hydrogens is 302 g/mol. The molecule has 0 radical (unpaired) electrons.